The molecular formula is C14H22N2O2. The van der Waals surface area contributed by atoms with E-state index < -0.39 is 0 Å². The van der Waals surface area contributed by atoms with Crippen LogP contribution in [0.4, 0.5) is 0 Å². The maximum absolute atomic E-state index is 11.9. The second kappa shape index (κ2) is 6.50. The predicted octanol–water partition coefficient (Wildman–Crippen LogP) is 1.78. The van der Waals surface area contributed by atoms with Crippen LogP contribution in [0.1, 0.15) is 43.2 Å². The molecule has 1 aromatic heterocycles. The van der Waals surface area contributed by atoms with Crippen LogP contribution >= 0.6 is 0 Å². The average Bonchev–Trinajstić information content (AvgIpc) is 2.28. The van der Waals surface area contributed by atoms with Gasteiger partial charge in [0.2, 0.25) is 0 Å². The summed E-state index contributed by atoms with van der Waals surface area (Å²) in [5.74, 6) is -0.0826. The zero-order chi connectivity index (χ0) is 13.6. The van der Waals surface area contributed by atoms with Gasteiger partial charge in [0.15, 0.2) is 0 Å². The van der Waals surface area contributed by atoms with Gasteiger partial charge in [-0.05, 0) is 24.0 Å². The molecule has 0 saturated heterocycles. The molecule has 0 bridgehead atoms. The molecule has 1 amide bonds. The Labute approximate surface area is 108 Å². The van der Waals surface area contributed by atoms with Crippen LogP contribution in [-0.2, 0) is 6.42 Å². The lowest BCUT2D eigenvalue weighted by Gasteiger charge is -2.18. The van der Waals surface area contributed by atoms with E-state index in [-0.39, 0.29) is 17.9 Å². The maximum Gasteiger partial charge on any atom is 0.251 e. The van der Waals surface area contributed by atoms with E-state index in [4.69, 9.17) is 5.11 Å². The first-order valence-corrected chi connectivity index (χ1v) is 6.26. The molecule has 0 aliphatic heterocycles. The third-order valence-corrected chi connectivity index (χ3v) is 2.61. The van der Waals surface area contributed by atoms with E-state index in [1.54, 1.807) is 18.3 Å². The number of aliphatic hydroxyl groups is 1. The van der Waals surface area contributed by atoms with Gasteiger partial charge < -0.3 is 10.4 Å². The molecule has 2 N–H and O–H groups in total. The van der Waals surface area contributed by atoms with E-state index in [1.165, 1.54) is 0 Å². The van der Waals surface area contributed by atoms with Crippen molar-refractivity contribution in [3.05, 3.63) is 29.6 Å². The molecule has 0 unspecified atom stereocenters. The number of hydrogen-bond acceptors (Lipinski definition) is 3. The number of aliphatic hydroxyl groups excluding tert-OH is 1. The van der Waals surface area contributed by atoms with Crippen molar-refractivity contribution in [3.8, 4) is 0 Å². The SMILES string of the molecule is CC(C)(C)CCNC(=O)c1ccnc(CCO)c1. The van der Waals surface area contributed by atoms with Gasteiger partial charge >= 0.3 is 0 Å². The fourth-order valence-electron chi connectivity index (χ4n) is 1.52. The monoisotopic (exact) mass is 250 g/mol. The Kier molecular flexibility index (Phi) is 5.28. The minimum atomic E-state index is -0.0826. The lowest BCUT2D eigenvalue weighted by molar-refractivity contribution is 0.0949. The normalized spacial score (nSPS) is 11.3. The highest BCUT2D eigenvalue weighted by Gasteiger charge is 2.11. The van der Waals surface area contributed by atoms with Crippen LogP contribution in [0, 0.1) is 5.41 Å². The fourth-order valence-corrected chi connectivity index (χ4v) is 1.52. The molecule has 4 nitrogen and oxygen atoms in total. The van der Waals surface area contributed by atoms with Gasteiger partial charge in [0.25, 0.3) is 5.91 Å². The zero-order valence-electron chi connectivity index (χ0n) is 11.4. The smallest absolute Gasteiger partial charge is 0.251 e. The molecule has 0 aromatic carbocycles. The molecule has 18 heavy (non-hydrogen) atoms. The van der Waals surface area contributed by atoms with Gasteiger partial charge in [0, 0.05) is 37.0 Å². The van der Waals surface area contributed by atoms with Crippen LogP contribution in [-0.4, -0.2) is 29.1 Å². The van der Waals surface area contributed by atoms with Crippen LogP contribution in [0.2, 0.25) is 0 Å². The Bertz CT molecular complexity index is 397. The molecular weight excluding hydrogens is 228 g/mol. The van der Waals surface area contributed by atoms with E-state index >= 15 is 0 Å². The molecule has 100 valence electrons. The molecule has 1 rings (SSSR count). The first kappa shape index (κ1) is 14.6. The van der Waals surface area contributed by atoms with Crippen molar-refractivity contribution in [1.29, 1.82) is 0 Å². The Hall–Kier alpha value is -1.42. The van der Waals surface area contributed by atoms with Gasteiger partial charge in [-0.1, -0.05) is 20.8 Å². The van der Waals surface area contributed by atoms with Crippen LogP contribution in [0.25, 0.3) is 0 Å². The Balaban J connectivity index is 2.53. The number of pyridine rings is 1. The topological polar surface area (TPSA) is 62.2 Å². The number of rotatable bonds is 5. The van der Waals surface area contributed by atoms with Gasteiger partial charge in [0.1, 0.15) is 0 Å². The van der Waals surface area contributed by atoms with Crippen LogP contribution in [0.3, 0.4) is 0 Å². The number of carbonyl (C=O) groups excluding carboxylic acids is 1. The highest BCUT2D eigenvalue weighted by molar-refractivity contribution is 5.94. The molecule has 0 radical (unpaired) electrons. The highest BCUT2D eigenvalue weighted by atomic mass is 16.3. The molecule has 4 heteroatoms. The van der Waals surface area contributed by atoms with Crippen molar-refractivity contribution < 1.29 is 9.90 Å². The third-order valence-electron chi connectivity index (χ3n) is 2.61. The average molecular weight is 250 g/mol. The van der Waals surface area contributed by atoms with Crippen LogP contribution < -0.4 is 5.32 Å². The lowest BCUT2D eigenvalue weighted by Crippen LogP contribution is -2.27. The fraction of sp³-hybridized carbons (Fsp3) is 0.571. The molecule has 0 fully saturated rings. The minimum absolute atomic E-state index is 0.0437. The largest absolute Gasteiger partial charge is 0.396 e. The van der Waals surface area contributed by atoms with Crippen molar-refractivity contribution in [2.45, 2.75) is 33.6 Å². The van der Waals surface area contributed by atoms with Gasteiger partial charge in [-0.2, -0.15) is 0 Å². The lowest BCUT2D eigenvalue weighted by atomic mass is 9.92. The van der Waals surface area contributed by atoms with E-state index in [0.29, 0.717) is 18.5 Å². The van der Waals surface area contributed by atoms with E-state index in [2.05, 4.69) is 31.1 Å². The van der Waals surface area contributed by atoms with Gasteiger partial charge in [-0.15, -0.1) is 0 Å². The second-order valence-corrected chi connectivity index (χ2v) is 5.58. The third kappa shape index (κ3) is 5.27. The first-order valence-electron chi connectivity index (χ1n) is 6.26. The quantitative estimate of drug-likeness (QED) is 0.837. The summed E-state index contributed by atoms with van der Waals surface area (Å²) in [6.45, 7) is 7.14. The summed E-state index contributed by atoms with van der Waals surface area (Å²) in [5.41, 5.74) is 1.55. The molecule has 1 heterocycles. The zero-order valence-corrected chi connectivity index (χ0v) is 11.4. The Morgan fingerprint density at radius 2 is 2.17 bits per heavy atom. The number of hydrogen-bond donors (Lipinski definition) is 2. The summed E-state index contributed by atoms with van der Waals surface area (Å²) in [7, 11) is 0. The molecule has 0 spiro atoms. The van der Waals surface area contributed by atoms with Crippen molar-refractivity contribution in [2.24, 2.45) is 5.41 Å². The molecule has 0 aliphatic carbocycles. The number of nitrogens with one attached hydrogen (secondary N) is 1. The van der Waals surface area contributed by atoms with Gasteiger partial charge in [-0.25, -0.2) is 0 Å². The van der Waals surface area contributed by atoms with Crippen molar-refractivity contribution in [2.75, 3.05) is 13.2 Å². The number of aromatic nitrogens is 1. The molecule has 0 aliphatic rings. The van der Waals surface area contributed by atoms with Crippen LogP contribution in [0.15, 0.2) is 18.3 Å². The maximum atomic E-state index is 11.9. The van der Waals surface area contributed by atoms with E-state index in [9.17, 15) is 4.79 Å². The van der Waals surface area contributed by atoms with Crippen LogP contribution in [0.5, 0.6) is 0 Å². The summed E-state index contributed by atoms with van der Waals surface area (Å²) in [4.78, 5) is 16.0. The number of amides is 1. The number of carbonyl (C=O) groups is 1. The van der Waals surface area contributed by atoms with Gasteiger partial charge in [-0.3, -0.25) is 9.78 Å². The number of nitrogens with zero attached hydrogens (tertiary/aromatic N) is 1. The summed E-state index contributed by atoms with van der Waals surface area (Å²) >= 11 is 0. The Morgan fingerprint density at radius 3 is 2.78 bits per heavy atom. The standard InChI is InChI=1S/C14H22N2O2/c1-14(2,3)6-8-16-13(18)11-4-7-15-12(10-11)5-9-17/h4,7,10,17H,5-6,8-9H2,1-3H3,(H,16,18). The minimum Gasteiger partial charge on any atom is -0.396 e. The summed E-state index contributed by atoms with van der Waals surface area (Å²) < 4.78 is 0. The summed E-state index contributed by atoms with van der Waals surface area (Å²) in [6, 6.07) is 3.41. The highest BCUT2D eigenvalue weighted by Crippen LogP contribution is 2.17. The summed E-state index contributed by atoms with van der Waals surface area (Å²) in [6.07, 6.45) is 3.01. The van der Waals surface area contributed by atoms with Crippen molar-refractivity contribution in [1.82, 2.24) is 10.3 Å². The van der Waals surface area contributed by atoms with E-state index in [0.717, 1.165) is 12.1 Å². The Morgan fingerprint density at radius 1 is 1.44 bits per heavy atom. The predicted molar refractivity (Wildman–Crippen MR) is 71.4 cm³/mol. The molecule has 0 atom stereocenters. The van der Waals surface area contributed by atoms with E-state index in [1.807, 2.05) is 0 Å². The second-order valence-electron chi connectivity index (χ2n) is 5.58. The van der Waals surface area contributed by atoms with Crippen molar-refractivity contribution >= 4 is 5.91 Å². The van der Waals surface area contributed by atoms with Crippen molar-refractivity contribution in [3.63, 3.8) is 0 Å². The summed E-state index contributed by atoms with van der Waals surface area (Å²) in [5, 5.41) is 11.7. The first-order chi connectivity index (χ1) is 8.42. The molecule has 1 aromatic rings. The molecule has 0 saturated carbocycles. The van der Waals surface area contributed by atoms with Gasteiger partial charge in [0.05, 0.1) is 0 Å².